The van der Waals surface area contributed by atoms with Gasteiger partial charge in [-0.05, 0) is 49.2 Å². The molecule has 4 rings (SSSR count). The molecule has 1 atom stereocenters. The molecule has 2 aromatic carbocycles. The van der Waals surface area contributed by atoms with Gasteiger partial charge in [0.25, 0.3) is 0 Å². The molecule has 0 saturated carbocycles. The molecule has 0 N–H and O–H groups in total. The third-order valence-electron chi connectivity index (χ3n) is 4.67. The Bertz CT molecular complexity index is 832. The smallest absolute Gasteiger partial charge is 0.247 e. The van der Waals surface area contributed by atoms with Gasteiger partial charge in [-0.3, -0.25) is 4.90 Å². The van der Waals surface area contributed by atoms with Crippen LogP contribution in [-0.2, 0) is 6.54 Å². The normalized spacial score (nSPS) is 17.7. The van der Waals surface area contributed by atoms with Crippen LogP contribution in [0.1, 0.15) is 30.3 Å². The van der Waals surface area contributed by atoms with Crippen molar-refractivity contribution in [2.75, 3.05) is 13.7 Å². The molecular weight excluding hydrogens is 314 g/mol. The summed E-state index contributed by atoms with van der Waals surface area (Å²) in [5.41, 5.74) is 2.23. The molecule has 2 heterocycles. The van der Waals surface area contributed by atoms with Crippen molar-refractivity contribution in [3.05, 3.63) is 66.1 Å². The van der Waals surface area contributed by atoms with E-state index in [0.29, 0.717) is 24.4 Å². The van der Waals surface area contributed by atoms with Crippen LogP contribution < -0.4 is 4.74 Å². The highest BCUT2D eigenvalue weighted by Gasteiger charge is 2.27. The maximum atomic E-state index is 5.87. The molecule has 1 aromatic heterocycles. The first-order chi connectivity index (χ1) is 12.3. The molecule has 3 aromatic rings. The summed E-state index contributed by atoms with van der Waals surface area (Å²) in [7, 11) is 1.70. The Labute approximate surface area is 147 Å². The molecule has 0 unspecified atom stereocenters. The van der Waals surface area contributed by atoms with Crippen LogP contribution in [0.15, 0.2) is 59.0 Å². The van der Waals surface area contributed by atoms with Crippen LogP contribution in [-0.4, -0.2) is 28.8 Å². The molecule has 5 heteroatoms. The average Bonchev–Trinajstić information content (AvgIpc) is 3.32. The van der Waals surface area contributed by atoms with Gasteiger partial charge in [-0.25, -0.2) is 0 Å². The summed E-state index contributed by atoms with van der Waals surface area (Å²) in [4.78, 5) is 2.40. The fraction of sp³-hybridized carbons (Fsp3) is 0.300. The zero-order valence-electron chi connectivity index (χ0n) is 14.3. The monoisotopic (exact) mass is 335 g/mol. The fourth-order valence-electron chi connectivity index (χ4n) is 3.43. The van der Waals surface area contributed by atoms with Crippen LogP contribution in [0.25, 0.3) is 11.5 Å². The fourth-order valence-corrected chi connectivity index (χ4v) is 3.43. The molecule has 0 radical (unpaired) electrons. The molecule has 128 valence electrons. The van der Waals surface area contributed by atoms with Gasteiger partial charge in [0.2, 0.25) is 11.8 Å². The molecule has 1 fully saturated rings. The molecule has 0 bridgehead atoms. The summed E-state index contributed by atoms with van der Waals surface area (Å²) in [5, 5.41) is 8.43. The van der Waals surface area contributed by atoms with E-state index in [4.69, 9.17) is 9.15 Å². The van der Waals surface area contributed by atoms with Crippen molar-refractivity contribution in [2.24, 2.45) is 0 Å². The van der Waals surface area contributed by atoms with Crippen LogP contribution in [0.3, 0.4) is 0 Å². The van der Waals surface area contributed by atoms with E-state index >= 15 is 0 Å². The average molecular weight is 335 g/mol. The van der Waals surface area contributed by atoms with Crippen LogP contribution in [0, 0.1) is 0 Å². The summed E-state index contributed by atoms with van der Waals surface area (Å²) in [6.07, 6.45) is 2.30. The van der Waals surface area contributed by atoms with E-state index in [9.17, 15) is 0 Å². The maximum Gasteiger partial charge on any atom is 0.247 e. The van der Waals surface area contributed by atoms with Gasteiger partial charge in [0.15, 0.2) is 0 Å². The summed E-state index contributed by atoms with van der Waals surface area (Å²) in [5.74, 6) is 2.13. The van der Waals surface area contributed by atoms with Crippen molar-refractivity contribution in [1.29, 1.82) is 0 Å². The van der Waals surface area contributed by atoms with E-state index in [1.54, 1.807) is 7.11 Å². The van der Waals surface area contributed by atoms with E-state index in [1.807, 2.05) is 42.5 Å². The van der Waals surface area contributed by atoms with E-state index in [-0.39, 0.29) is 0 Å². The first-order valence-corrected chi connectivity index (χ1v) is 8.59. The van der Waals surface area contributed by atoms with Gasteiger partial charge in [0.1, 0.15) is 5.75 Å². The molecule has 0 amide bonds. The third kappa shape index (κ3) is 3.42. The predicted molar refractivity (Wildman–Crippen MR) is 95.1 cm³/mol. The summed E-state index contributed by atoms with van der Waals surface area (Å²) in [6.45, 7) is 1.70. The minimum absolute atomic E-state index is 0.363. The Morgan fingerprint density at radius 1 is 1.12 bits per heavy atom. The lowest BCUT2D eigenvalue weighted by Gasteiger charge is -2.23. The summed E-state index contributed by atoms with van der Waals surface area (Å²) in [6, 6.07) is 18.5. The third-order valence-corrected chi connectivity index (χ3v) is 4.67. The second-order valence-corrected chi connectivity index (χ2v) is 6.27. The Hall–Kier alpha value is -2.66. The van der Waals surface area contributed by atoms with Gasteiger partial charge in [-0.2, -0.15) is 0 Å². The number of hydrogen-bond donors (Lipinski definition) is 0. The largest absolute Gasteiger partial charge is 0.497 e. The molecular formula is C20H21N3O2. The lowest BCUT2D eigenvalue weighted by atomic mass is 10.0. The first-order valence-electron chi connectivity index (χ1n) is 8.59. The van der Waals surface area contributed by atoms with Crippen LogP contribution in [0.2, 0.25) is 0 Å². The van der Waals surface area contributed by atoms with E-state index in [1.165, 1.54) is 12.0 Å². The van der Waals surface area contributed by atoms with E-state index < -0.39 is 0 Å². The van der Waals surface area contributed by atoms with Gasteiger partial charge >= 0.3 is 0 Å². The lowest BCUT2D eigenvalue weighted by molar-refractivity contribution is 0.224. The number of methoxy groups -OCH3 is 1. The molecule has 0 spiro atoms. The quantitative estimate of drug-likeness (QED) is 0.703. The van der Waals surface area contributed by atoms with Gasteiger partial charge in [0, 0.05) is 11.6 Å². The van der Waals surface area contributed by atoms with Gasteiger partial charge < -0.3 is 9.15 Å². The van der Waals surface area contributed by atoms with Crippen molar-refractivity contribution in [2.45, 2.75) is 25.4 Å². The molecule has 0 aliphatic carbocycles. The number of likely N-dealkylation sites (tertiary alicyclic amines) is 1. The van der Waals surface area contributed by atoms with Crippen molar-refractivity contribution in [3.63, 3.8) is 0 Å². The zero-order valence-corrected chi connectivity index (χ0v) is 14.3. The molecule has 25 heavy (non-hydrogen) atoms. The topological polar surface area (TPSA) is 51.4 Å². The Morgan fingerprint density at radius 2 is 2.00 bits per heavy atom. The number of ether oxygens (including phenoxy) is 1. The van der Waals surface area contributed by atoms with Gasteiger partial charge in [-0.1, -0.05) is 30.3 Å². The minimum Gasteiger partial charge on any atom is -0.497 e. The standard InChI is InChI=1S/C20H21N3O2/c1-24-17-10-5-9-16(13-17)18-11-6-12-23(18)14-19-21-22-20(25-19)15-7-3-2-4-8-15/h2-5,7-10,13,18H,6,11-12,14H2,1H3/t18-/m1/s1. The zero-order chi connectivity index (χ0) is 17.1. The highest BCUT2D eigenvalue weighted by molar-refractivity contribution is 5.51. The highest BCUT2D eigenvalue weighted by Crippen LogP contribution is 2.34. The number of aromatic nitrogens is 2. The second kappa shape index (κ2) is 7.07. The number of benzene rings is 2. The second-order valence-electron chi connectivity index (χ2n) is 6.27. The van der Waals surface area contributed by atoms with Crippen LogP contribution >= 0.6 is 0 Å². The Balaban J connectivity index is 1.51. The van der Waals surface area contributed by atoms with E-state index in [2.05, 4.69) is 27.2 Å². The van der Waals surface area contributed by atoms with Crippen molar-refractivity contribution < 1.29 is 9.15 Å². The summed E-state index contributed by atoms with van der Waals surface area (Å²) >= 11 is 0. The lowest BCUT2D eigenvalue weighted by Crippen LogP contribution is -2.23. The van der Waals surface area contributed by atoms with Crippen molar-refractivity contribution in [3.8, 4) is 17.2 Å². The summed E-state index contributed by atoms with van der Waals surface area (Å²) < 4.78 is 11.2. The Kier molecular flexibility index (Phi) is 4.48. The van der Waals surface area contributed by atoms with Crippen LogP contribution in [0.5, 0.6) is 5.75 Å². The van der Waals surface area contributed by atoms with Gasteiger partial charge in [0.05, 0.1) is 13.7 Å². The SMILES string of the molecule is COc1cccc([C@H]2CCCN2Cc2nnc(-c3ccccc3)o2)c1. The number of rotatable bonds is 5. The van der Waals surface area contributed by atoms with Crippen molar-refractivity contribution >= 4 is 0 Å². The number of nitrogens with zero attached hydrogens (tertiary/aromatic N) is 3. The Morgan fingerprint density at radius 3 is 2.84 bits per heavy atom. The molecule has 5 nitrogen and oxygen atoms in total. The van der Waals surface area contributed by atoms with Gasteiger partial charge in [-0.15, -0.1) is 10.2 Å². The maximum absolute atomic E-state index is 5.87. The molecule has 1 saturated heterocycles. The predicted octanol–water partition coefficient (Wildman–Crippen LogP) is 4.08. The molecule has 1 aliphatic heterocycles. The van der Waals surface area contributed by atoms with Crippen LogP contribution in [0.4, 0.5) is 0 Å². The molecule has 1 aliphatic rings. The first kappa shape index (κ1) is 15.8. The minimum atomic E-state index is 0.363. The number of hydrogen-bond acceptors (Lipinski definition) is 5. The highest BCUT2D eigenvalue weighted by atomic mass is 16.5. The van der Waals surface area contributed by atoms with E-state index in [0.717, 1.165) is 24.3 Å². The van der Waals surface area contributed by atoms with Crippen molar-refractivity contribution in [1.82, 2.24) is 15.1 Å².